The molecule has 0 spiro atoms. The lowest BCUT2D eigenvalue weighted by molar-refractivity contribution is 0.730. The van der Waals surface area contributed by atoms with E-state index in [9.17, 15) is 0 Å². The van der Waals surface area contributed by atoms with E-state index in [1.54, 1.807) is 20.7 Å². The lowest BCUT2D eigenvalue weighted by Crippen LogP contribution is -2.79. The van der Waals surface area contributed by atoms with Crippen LogP contribution in [0.2, 0.25) is 12.6 Å². The second kappa shape index (κ2) is 6.43. The molecule has 0 saturated heterocycles. The molecule has 25 heavy (non-hydrogen) atoms. The molecule has 0 bridgehead atoms. The molecule has 3 aromatic rings. The Balaban J connectivity index is 2.02. The van der Waals surface area contributed by atoms with Gasteiger partial charge in [0, 0.05) is 0 Å². The molecule has 0 unspecified atom stereocenters. The molecule has 0 saturated carbocycles. The minimum absolute atomic E-state index is 0.704. The zero-order valence-corrected chi connectivity index (χ0v) is 17.3. The van der Waals surface area contributed by atoms with Crippen molar-refractivity contribution >= 4 is 42.8 Å². The van der Waals surface area contributed by atoms with E-state index in [1.165, 1.54) is 11.2 Å². The molecule has 0 N–H and O–H groups in total. The summed E-state index contributed by atoms with van der Waals surface area (Å²) in [5, 5.41) is 8.15. The summed E-state index contributed by atoms with van der Waals surface area (Å²) in [7, 11) is -2.63. The third-order valence-electron chi connectivity index (χ3n) is 5.55. The van der Waals surface area contributed by atoms with Crippen LogP contribution >= 0.6 is 0 Å². The molecule has 0 atom stereocenters. The number of benzene rings is 3. The molecular formula is C23H25Si2. The Hall–Kier alpha value is -1.91. The van der Waals surface area contributed by atoms with Gasteiger partial charge < -0.3 is 0 Å². The highest BCUT2D eigenvalue weighted by atomic mass is 28.3. The first-order valence-corrected chi connectivity index (χ1v) is 13.4. The zero-order valence-electron chi connectivity index (χ0n) is 15.3. The fraction of sp³-hybridized carbons (Fsp3) is 0.217. The fourth-order valence-corrected chi connectivity index (χ4v) is 13.6. The monoisotopic (exact) mass is 357 g/mol. The van der Waals surface area contributed by atoms with Gasteiger partial charge in [-0.05, 0) is 17.1 Å². The van der Waals surface area contributed by atoms with Gasteiger partial charge in [0.2, 0.25) is 0 Å². The van der Waals surface area contributed by atoms with Crippen molar-refractivity contribution in [3.63, 3.8) is 0 Å². The predicted octanol–water partition coefficient (Wildman–Crippen LogP) is 2.37. The molecule has 0 aliphatic carbocycles. The highest BCUT2D eigenvalue weighted by molar-refractivity contribution is 7.18. The number of hydrogen-bond donors (Lipinski definition) is 0. The molecule has 125 valence electrons. The standard InChI is InChI=1S/C23H25Si2/c1-18(2)17-24-20-13-7-9-15-22(20)25(3,19-11-5-4-6-12-19)23-16-10-8-14-21(23)24/h4-16,18H,17H2,1-3H3. The summed E-state index contributed by atoms with van der Waals surface area (Å²) in [6.45, 7) is 7.28. The van der Waals surface area contributed by atoms with Crippen LogP contribution in [0.3, 0.4) is 0 Å². The molecular weight excluding hydrogens is 332 g/mol. The summed E-state index contributed by atoms with van der Waals surface area (Å²) in [4.78, 5) is 0. The molecule has 0 aromatic heterocycles. The van der Waals surface area contributed by atoms with Gasteiger partial charge in [0.25, 0.3) is 0 Å². The summed E-state index contributed by atoms with van der Waals surface area (Å²) in [6.07, 6.45) is 0. The Morgan fingerprint density at radius 2 is 1.20 bits per heavy atom. The van der Waals surface area contributed by atoms with Crippen molar-refractivity contribution in [2.24, 2.45) is 5.92 Å². The van der Waals surface area contributed by atoms with Gasteiger partial charge in [-0.25, -0.2) is 0 Å². The Morgan fingerprint density at radius 1 is 0.720 bits per heavy atom. The SMILES string of the molecule is CC(C)C[Si]1c2ccccc2[Si](C)(c2ccccc2)c2ccccc21. The van der Waals surface area contributed by atoms with Gasteiger partial charge in [0.05, 0.1) is 0 Å². The highest BCUT2D eigenvalue weighted by Gasteiger charge is 2.43. The van der Waals surface area contributed by atoms with Gasteiger partial charge >= 0.3 is 0 Å². The largest absolute Gasteiger partial charge is 0.145 e. The van der Waals surface area contributed by atoms with Gasteiger partial charge in [-0.1, -0.05) is 120 Å². The Kier molecular flexibility index (Phi) is 4.26. The molecule has 0 fully saturated rings. The maximum Gasteiger partial charge on any atom is 0.145 e. The molecule has 0 nitrogen and oxygen atoms in total. The summed E-state index contributed by atoms with van der Waals surface area (Å²) in [6, 6.07) is 31.2. The van der Waals surface area contributed by atoms with E-state index in [0.29, 0.717) is 0 Å². The van der Waals surface area contributed by atoms with E-state index in [0.717, 1.165) is 5.92 Å². The lowest BCUT2D eigenvalue weighted by atomic mass is 10.3. The van der Waals surface area contributed by atoms with Gasteiger partial charge in [0.15, 0.2) is 0 Å². The van der Waals surface area contributed by atoms with Crippen molar-refractivity contribution < 1.29 is 0 Å². The van der Waals surface area contributed by atoms with Crippen molar-refractivity contribution in [1.82, 2.24) is 0 Å². The summed E-state index contributed by atoms with van der Waals surface area (Å²) in [5.74, 6) is 0.734. The third kappa shape index (κ3) is 2.64. The van der Waals surface area contributed by atoms with Crippen LogP contribution in [-0.2, 0) is 0 Å². The average Bonchev–Trinajstić information content (AvgIpc) is 2.66. The Bertz CT molecular complexity index is 836. The molecule has 1 aliphatic heterocycles. The molecule has 4 rings (SSSR count). The Morgan fingerprint density at radius 3 is 1.72 bits per heavy atom. The van der Waals surface area contributed by atoms with Crippen LogP contribution in [0.4, 0.5) is 0 Å². The molecule has 3 aromatic carbocycles. The minimum atomic E-state index is -1.92. The van der Waals surface area contributed by atoms with Gasteiger partial charge in [-0.15, -0.1) is 0 Å². The van der Waals surface area contributed by atoms with Crippen LogP contribution in [0, 0.1) is 5.92 Å². The van der Waals surface area contributed by atoms with Crippen LogP contribution in [-0.4, -0.2) is 16.9 Å². The second-order valence-electron chi connectivity index (χ2n) is 7.66. The molecule has 1 radical (unpaired) electrons. The van der Waals surface area contributed by atoms with E-state index in [1.807, 2.05) is 0 Å². The van der Waals surface area contributed by atoms with Crippen molar-refractivity contribution in [1.29, 1.82) is 0 Å². The first-order chi connectivity index (χ1) is 12.1. The first-order valence-electron chi connectivity index (χ1n) is 9.23. The van der Waals surface area contributed by atoms with Gasteiger partial charge in [-0.3, -0.25) is 0 Å². The van der Waals surface area contributed by atoms with Gasteiger partial charge in [-0.2, -0.15) is 0 Å². The third-order valence-corrected chi connectivity index (χ3v) is 14.0. The van der Waals surface area contributed by atoms with E-state index in [2.05, 4.69) is 99.3 Å². The smallest absolute Gasteiger partial charge is 0.0630 e. The van der Waals surface area contributed by atoms with E-state index >= 15 is 0 Å². The summed E-state index contributed by atoms with van der Waals surface area (Å²) >= 11 is 0. The lowest BCUT2D eigenvalue weighted by Gasteiger charge is -2.40. The van der Waals surface area contributed by atoms with Crippen molar-refractivity contribution in [3.05, 3.63) is 78.9 Å². The predicted molar refractivity (Wildman–Crippen MR) is 115 cm³/mol. The molecule has 2 heteroatoms. The van der Waals surface area contributed by atoms with Crippen molar-refractivity contribution in [2.75, 3.05) is 0 Å². The summed E-state index contributed by atoms with van der Waals surface area (Å²) < 4.78 is 0. The van der Waals surface area contributed by atoms with Crippen LogP contribution in [0.15, 0.2) is 78.9 Å². The normalized spacial score (nSPS) is 15.7. The van der Waals surface area contributed by atoms with Crippen LogP contribution in [0.25, 0.3) is 0 Å². The zero-order chi connectivity index (χ0) is 17.4. The summed E-state index contributed by atoms with van der Waals surface area (Å²) in [5.41, 5.74) is 0. The second-order valence-corrected chi connectivity index (χ2v) is 14.0. The highest BCUT2D eigenvalue weighted by Crippen LogP contribution is 2.14. The van der Waals surface area contributed by atoms with Crippen molar-refractivity contribution in [2.45, 2.75) is 26.4 Å². The maximum absolute atomic E-state index is 2.55. The average molecular weight is 358 g/mol. The van der Waals surface area contributed by atoms with Gasteiger partial charge in [0.1, 0.15) is 16.9 Å². The molecule has 0 amide bonds. The molecule has 1 heterocycles. The number of fused-ring (bicyclic) bond motifs is 2. The topological polar surface area (TPSA) is 0 Å². The quantitative estimate of drug-likeness (QED) is 0.631. The Labute approximate surface area is 154 Å². The fourth-order valence-electron chi connectivity index (χ4n) is 4.37. The number of rotatable bonds is 3. The van der Waals surface area contributed by atoms with Crippen LogP contribution < -0.4 is 25.9 Å². The van der Waals surface area contributed by atoms with Crippen molar-refractivity contribution in [3.8, 4) is 0 Å². The van der Waals surface area contributed by atoms with E-state index in [4.69, 9.17) is 0 Å². The number of hydrogen-bond acceptors (Lipinski definition) is 0. The van der Waals surface area contributed by atoms with Crippen LogP contribution in [0.1, 0.15) is 13.8 Å². The van der Waals surface area contributed by atoms with E-state index < -0.39 is 16.9 Å². The van der Waals surface area contributed by atoms with E-state index in [-0.39, 0.29) is 0 Å². The van der Waals surface area contributed by atoms with Crippen LogP contribution in [0.5, 0.6) is 0 Å². The molecule has 1 aliphatic rings. The first kappa shape index (κ1) is 16.6. The minimum Gasteiger partial charge on any atom is -0.0630 e. The maximum atomic E-state index is 2.55.